The number of thioether (sulfide) groups is 1. The van der Waals surface area contributed by atoms with Crippen LogP contribution in [-0.4, -0.2) is 23.5 Å². The predicted octanol–water partition coefficient (Wildman–Crippen LogP) is 2.25. The number of aryl methyl sites for hydroxylation is 1. The topological polar surface area (TPSA) is 55.1 Å². The molecular weight excluding hydrogens is 244 g/mol. The van der Waals surface area contributed by atoms with Crippen molar-refractivity contribution in [2.75, 3.05) is 11.5 Å². The third-order valence-electron chi connectivity index (χ3n) is 2.68. The first-order valence-corrected chi connectivity index (χ1v) is 7.40. The molecule has 100 valence electrons. The molecule has 1 aromatic carbocycles. The highest BCUT2D eigenvalue weighted by Gasteiger charge is 2.17. The Bertz CT molecular complexity index is 378. The number of hydrogen-bond donors (Lipinski definition) is 2. The average molecular weight is 266 g/mol. The van der Waals surface area contributed by atoms with Crippen molar-refractivity contribution in [1.82, 2.24) is 5.32 Å². The molecule has 0 bridgehead atoms. The minimum atomic E-state index is -0.584. The van der Waals surface area contributed by atoms with Gasteiger partial charge in [-0.2, -0.15) is 11.8 Å². The van der Waals surface area contributed by atoms with Gasteiger partial charge < -0.3 is 11.1 Å². The Kier molecular flexibility index (Phi) is 6.22. The van der Waals surface area contributed by atoms with E-state index in [1.165, 1.54) is 5.56 Å². The second kappa shape index (κ2) is 7.44. The molecule has 2 unspecified atom stereocenters. The summed E-state index contributed by atoms with van der Waals surface area (Å²) in [5.41, 5.74) is 7.97. The van der Waals surface area contributed by atoms with Gasteiger partial charge in [-0.05, 0) is 25.2 Å². The molecular formula is C14H22N2OS. The number of hydrogen-bond acceptors (Lipinski definition) is 3. The van der Waals surface area contributed by atoms with Crippen molar-refractivity contribution in [3.05, 3.63) is 35.4 Å². The summed E-state index contributed by atoms with van der Waals surface area (Å²) >= 11 is 1.81. The van der Waals surface area contributed by atoms with Crippen molar-refractivity contribution in [1.29, 1.82) is 0 Å². The van der Waals surface area contributed by atoms with Crippen molar-refractivity contribution in [3.63, 3.8) is 0 Å². The zero-order chi connectivity index (χ0) is 13.5. The minimum absolute atomic E-state index is 0.108. The molecule has 0 aliphatic carbocycles. The molecule has 4 heteroatoms. The summed E-state index contributed by atoms with van der Waals surface area (Å²) in [6.07, 6.45) is 0. The van der Waals surface area contributed by atoms with Gasteiger partial charge in [-0.3, -0.25) is 4.79 Å². The van der Waals surface area contributed by atoms with Gasteiger partial charge in [0, 0.05) is 11.8 Å². The fourth-order valence-electron chi connectivity index (χ4n) is 1.59. The maximum atomic E-state index is 12.0. The quantitative estimate of drug-likeness (QED) is 0.830. The van der Waals surface area contributed by atoms with Gasteiger partial charge in [-0.25, -0.2) is 0 Å². The van der Waals surface area contributed by atoms with Crippen molar-refractivity contribution in [2.24, 2.45) is 5.73 Å². The third-order valence-corrected chi connectivity index (χ3v) is 3.82. The first kappa shape index (κ1) is 15.1. The smallest absolute Gasteiger partial charge is 0.241 e. The highest BCUT2D eigenvalue weighted by molar-refractivity contribution is 7.99. The van der Waals surface area contributed by atoms with Crippen LogP contribution in [0.25, 0.3) is 0 Å². The highest BCUT2D eigenvalue weighted by Crippen LogP contribution is 2.12. The molecule has 0 aliphatic rings. The van der Waals surface area contributed by atoms with Crippen LogP contribution < -0.4 is 11.1 Å². The Labute approximate surface area is 114 Å². The Morgan fingerprint density at radius 3 is 2.56 bits per heavy atom. The van der Waals surface area contributed by atoms with Gasteiger partial charge in [0.25, 0.3) is 0 Å². The molecule has 3 N–H and O–H groups in total. The summed E-state index contributed by atoms with van der Waals surface area (Å²) in [5.74, 6) is 1.87. The molecule has 1 amide bonds. The fourth-order valence-corrected chi connectivity index (χ4v) is 2.27. The molecule has 18 heavy (non-hydrogen) atoms. The lowest BCUT2D eigenvalue weighted by Gasteiger charge is -2.17. The predicted molar refractivity (Wildman–Crippen MR) is 78.7 cm³/mol. The van der Waals surface area contributed by atoms with Crippen molar-refractivity contribution >= 4 is 17.7 Å². The number of carbonyl (C=O) groups is 1. The SMILES string of the molecule is CCSCC(C)NC(=O)C(N)c1ccc(C)cc1. The van der Waals surface area contributed by atoms with Gasteiger partial charge in [0.1, 0.15) is 6.04 Å². The van der Waals surface area contributed by atoms with E-state index >= 15 is 0 Å². The summed E-state index contributed by atoms with van der Waals surface area (Å²) in [7, 11) is 0. The van der Waals surface area contributed by atoms with Crippen LogP contribution in [0, 0.1) is 6.92 Å². The van der Waals surface area contributed by atoms with Gasteiger partial charge >= 0.3 is 0 Å². The lowest BCUT2D eigenvalue weighted by atomic mass is 10.1. The monoisotopic (exact) mass is 266 g/mol. The molecule has 1 rings (SSSR count). The summed E-state index contributed by atoms with van der Waals surface area (Å²) in [4.78, 5) is 12.0. The Morgan fingerprint density at radius 1 is 1.39 bits per heavy atom. The van der Waals surface area contributed by atoms with Crippen LogP contribution in [0.15, 0.2) is 24.3 Å². The molecule has 0 aliphatic heterocycles. The van der Waals surface area contributed by atoms with Gasteiger partial charge in [0.2, 0.25) is 5.91 Å². The largest absolute Gasteiger partial charge is 0.351 e. The molecule has 0 aromatic heterocycles. The summed E-state index contributed by atoms with van der Waals surface area (Å²) in [5, 5.41) is 2.94. The van der Waals surface area contributed by atoms with Crippen LogP contribution in [0.5, 0.6) is 0 Å². The molecule has 0 saturated heterocycles. The molecule has 0 fully saturated rings. The average Bonchev–Trinajstić information content (AvgIpc) is 2.36. The van der Waals surface area contributed by atoms with E-state index in [-0.39, 0.29) is 11.9 Å². The van der Waals surface area contributed by atoms with E-state index in [1.54, 1.807) is 0 Å². The number of rotatable bonds is 6. The molecule has 0 saturated carbocycles. The van der Waals surface area contributed by atoms with E-state index in [0.29, 0.717) is 0 Å². The third kappa shape index (κ3) is 4.70. The van der Waals surface area contributed by atoms with E-state index in [2.05, 4.69) is 12.2 Å². The minimum Gasteiger partial charge on any atom is -0.351 e. The maximum absolute atomic E-state index is 12.0. The van der Waals surface area contributed by atoms with Gasteiger partial charge in [0.05, 0.1) is 0 Å². The normalized spacial score (nSPS) is 14.0. The Balaban J connectivity index is 2.53. The van der Waals surface area contributed by atoms with Crippen LogP contribution in [0.4, 0.5) is 0 Å². The lowest BCUT2D eigenvalue weighted by molar-refractivity contribution is -0.122. The molecule has 1 aromatic rings. The second-order valence-corrected chi connectivity index (χ2v) is 5.78. The number of amides is 1. The van der Waals surface area contributed by atoms with Gasteiger partial charge in [0.15, 0.2) is 0 Å². The number of carbonyl (C=O) groups excluding carboxylic acids is 1. The number of nitrogens with two attached hydrogens (primary N) is 1. The maximum Gasteiger partial charge on any atom is 0.241 e. The lowest BCUT2D eigenvalue weighted by Crippen LogP contribution is -2.40. The standard InChI is InChI=1S/C14H22N2OS/c1-4-18-9-11(3)16-14(17)13(15)12-7-5-10(2)6-8-12/h5-8,11,13H,4,9,15H2,1-3H3,(H,16,17). The first-order chi connectivity index (χ1) is 8.54. The van der Waals surface area contributed by atoms with E-state index in [4.69, 9.17) is 5.73 Å². The van der Waals surface area contributed by atoms with E-state index in [1.807, 2.05) is 49.9 Å². The Morgan fingerprint density at radius 2 is 2.00 bits per heavy atom. The summed E-state index contributed by atoms with van der Waals surface area (Å²) < 4.78 is 0. The van der Waals surface area contributed by atoms with E-state index in [9.17, 15) is 4.79 Å². The van der Waals surface area contributed by atoms with Crippen LogP contribution in [0.1, 0.15) is 31.0 Å². The highest BCUT2D eigenvalue weighted by atomic mass is 32.2. The zero-order valence-electron chi connectivity index (χ0n) is 11.3. The van der Waals surface area contributed by atoms with Crippen molar-refractivity contribution in [2.45, 2.75) is 32.9 Å². The van der Waals surface area contributed by atoms with E-state index in [0.717, 1.165) is 17.1 Å². The van der Waals surface area contributed by atoms with Crippen LogP contribution >= 0.6 is 11.8 Å². The fraction of sp³-hybridized carbons (Fsp3) is 0.500. The van der Waals surface area contributed by atoms with Crippen molar-refractivity contribution < 1.29 is 4.79 Å². The summed E-state index contributed by atoms with van der Waals surface area (Å²) in [6.45, 7) is 6.12. The van der Waals surface area contributed by atoms with Crippen molar-refractivity contribution in [3.8, 4) is 0 Å². The molecule has 0 radical (unpaired) electrons. The second-order valence-electron chi connectivity index (χ2n) is 4.46. The molecule has 2 atom stereocenters. The van der Waals surface area contributed by atoms with E-state index < -0.39 is 6.04 Å². The van der Waals surface area contributed by atoms with Crippen LogP contribution in [0.2, 0.25) is 0 Å². The van der Waals surface area contributed by atoms with Crippen LogP contribution in [-0.2, 0) is 4.79 Å². The zero-order valence-corrected chi connectivity index (χ0v) is 12.1. The van der Waals surface area contributed by atoms with Gasteiger partial charge in [-0.1, -0.05) is 36.8 Å². The first-order valence-electron chi connectivity index (χ1n) is 6.24. The number of benzene rings is 1. The molecule has 0 heterocycles. The summed E-state index contributed by atoms with van der Waals surface area (Å²) in [6, 6.07) is 7.33. The molecule has 0 spiro atoms. The molecule has 3 nitrogen and oxygen atoms in total. The Hall–Kier alpha value is -1.00. The van der Waals surface area contributed by atoms with Crippen LogP contribution in [0.3, 0.4) is 0 Å². The van der Waals surface area contributed by atoms with Gasteiger partial charge in [-0.15, -0.1) is 0 Å². The number of nitrogens with one attached hydrogen (secondary N) is 1.